The fourth-order valence-corrected chi connectivity index (χ4v) is 3.45. The second-order valence-corrected chi connectivity index (χ2v) is 5.78. The quantitative estimate of drug-likeness (QED) is 0.837. The van der Waals surface area contributed by atoms with E-state index in [0.29, 0.717) is 12.1 Å². The minimum atomic E-state index is 0.431. The van der Waals surface area contributed by atoms with E-state index in [0.717, 1.165) is 26.2 Å². The Kier molecular flexibility index (Phi) is 4.53. The minimum absolute atomic E-state index is 0.431. The highest BCUT2D eigenvalue weighted by Crippen LogP contribution is 2.34. The lowest BCUT2D eigenvalue weighted by atomic mass is 10.1. The largest absolute Gasteiger partial charge is 0.374 e. The van der Waals surface area contributed by atoms with E-state index in [1.165, 1.54) is 36.9 Å². The molecule has 2 atom stereocenters. The van der Waals surface area contributed by atoms with Gasteiger partial charge in [-0.2, -0.15) is 0 Å². The molecular formula is C16H25N3O. The zero-order chi connectivity index (χ0) is 13.8. The zero-order valence-corrected chi connectivity index (χ0v) is 12.3. The summed E-state index contributed by atoms with van der Waals surface area (Å²) < 4.78 is 5.91. The van der Waals surface area contributed by atoms with Crippen LogP contribution in [-0.4, -0.2) is 36.8 Å². The van der Waals surface area contributed by atoms with Crippen molar-refractivity contribution in [3.63, 3.8) is 0 Å². The van der Waals surface area contributed by atoms with Gasteiger partial charge in [0.2, 0.25) is 0 Å². The number of nitrogens with one attached hydrogen (secondary N) is 1. The number of hydrogen-bond donors (Lipinski definition) is 1. The normalized spacial score (nSPS) is 25.8. The molecule has 0 aromatic carbocycles. The Bertz CT molecular complexity index is 437. The monoisotopic (exact) mass is 275 g/mol. The molecular weight excluding hydrogens is 250 g/mol. The van der Waals surface area contributed by atoms with Crippen LogP contribution in [0.1, 0.15) is 38.2 Å². The Hall–Kier alpha value is -1.13. The van der Waals surface area contributed by atoms with Crippen LogP contribution in [0.5, 0.6) is 0 Å². The van der Waals surface area contributed by atoms with Crippen LogP contribution in [0.3, 0.4) is 0 Å². The summed E-state index contributed by atoms with van der Waals surface area (Å²) in [6.07, 6.45) is 9.29. The summed E-state index contributed by atoms with van der Waals surface area (Å²) in [5.74, 6) is 0. The third-order valence-corrected chi connectivity index (χ3v) is 4.42. The molecule has 2 aliphatic rings. The van der Waals surface area contributed by atoms with Gasteiger partial charge in [-0.1, -0.05) is 6.92 Å². The number of fused-ring (bicyclic) bond motifs is 1. The van der Waals surface area contributed by atoms with Crippen molar-refractivity contribution in [3.05, 3.63) is 24.0 Å². The number of hydrogen-bond acceptors (Lipinski definition) is 4. The van der Waals surface area contributed by atoms with Crippen LogP contribution in [0.25, 0.3) is 0 Å². The van der Waals surface area contributed by atoms with Crippen molar-refractivity contribution in [1.82, 2.24) is 10.3 Å². The Labute approximate surface area is 121 Å². The SMILES string of the molecule is CCCNCc1ccncc1N1CCOC2CCCC21. The first-order valence-corrected chi connectivity index (χ1v) is 7.92. The van der Waals surface area contributed by atoms with E-state index in [-0.39, 0.29) is 0 Å². The first kappa shape index (κ1) is 13.8. The summed E-state index contributed by atoms with van der Waals surface area (Å²) in [7, 11) is 0. The van der Waals surface area contributed by atoms with Gasteiger partial charge in [-0.3, -0.25) is 4.98 Å². The predicted octanol–water partition coefficient (Wildman–Crippen LogP) is 2.34. The third-order valence-electron chi connectivity index (χ3n) is 4.42. The van der Waals surface area contributed by atoms with Crippen molar-refractivity contribution in [2.24, 2.45) is 0 Å². The summed E-state index contributed by atoms with van der Waals surface area (Å²) in [5, 5.41) is 3.50. The summed E-state index contributed by atoms with van der Waals surface area (Å²) in [4.78, 5) is 6.89. The molecule has 1 saturated carbocycles. The molecule has 2 unspecified atom stereocenters. The molecule has 1 aliphatic heterocycles. The number of aromatic nitrogens is 1. The summed E-state index contributed by atoms with van der Waals surface area (Å²) in [6.45, 7) is 6.04. The van der Waals surface area contributed by atoms with Gasteiger partial charge in [-0.25, -0.2) is 0 Å². The molecule has 1 aromatic heterocycles. The Morgan fingerprint density at radius 3 is 3.30 bits per heavy atom. The van der Waals surface area contributed by atoms with Crippen LogP contribution in [0.4, 0.5) is 5.69 Å². The van der Waals surface area contributed by atoms with Gasteiger partial charge in [-0.05, 0) is 43.9 Å². The van der Waals surface area contributed by atoms with Crippen LogP contribution in [0.2, 0.25) is 0 Å². The van der Waals surface area contributed by atoms with Gasteiger partial charge in [-0.15, -0.1) is 0 Å². The molecule has 4 nitrogen and oxygen atoms in total. The van der Waals surface area contributed by atoms with Crippen LogP contribution < -0.4 is 10.2 Å². The molecule has 4 heteroatoms. The van der Waals surface area contributed by atoms with Crippen molar-refractivity contribution in [1.29, 1.82) is 0 Å². The van der Waals surface area contributed by atoms with Gasteiger partial charge >= 0.3 is 0 Å². The molecule has 3 rings (SSSR count). The van der Waals surface area contributed by atoms with E-state index in [9.17, 15) is 0 Å². The van der Waals surface area contributed by atoms with E-state index in [1.807, 2.05) is 12.4 Å². The highest BCUT2D eigenvalue weighted by Gasteiger charge is 2.36. The Morgan fingerprint density at radius 2 is 2.40 bits per heavy atom. The lowest BCUT2D eigenvalue weighted by Gasteiger charge is -2.40. The second kappa shape index (κ2) is 6.55. The van der Waals surface area contributed by atoms with Crippen molar-refractivity contribution in [3.8, 4) is 0 Å². The number of ether oxygens (including phenoxy) is 1. The molecule has 0 bridgehead atoms. The summed E-state index contributed by atoms with van der Waals surface area (Å²) in [5.41, 5.74) is 2.66. The number of morpholine rings is 1. The zero-order valence-electron chi connectivity index (χ0n) is 12.3. The minimum Gasteiger partial charge on any atom is -0.374 e. The van der Waals surface area contributed by atoms with Crippen LogP contribution in [0.15, 0.2) is 18.5 Å². The van der Waals surface area contributed by atoms with Crippen LogP contribution >= 0.6 is 0 Å². The van der Waals surface area contributed by atoms with Crippen molar-refractivity contribution < 1.29 is 4.74 Å². The van der Waals surface area contributed by atoms with Gasteiger partial charge in [0.25, 0.3) is 0 Å². The maximum atomic E-state index is 5.91. The van der Waals surface area contributed by atoms with Gasteiger partial charge < -0.3 is 15.0 Å². The van der Waals surface area contributed by atoms with E-state index in [4.69, 9.17) is 4.74 Å². The first-order valence-electron chi connectivity index (χ1n) is 7.92. The smallest absolute Gasteiger partial charge is 0.0779 e. The van der Waals surface area contributed by atoms with Crippen LogP contribution in [0, 0.1) is 0 Å². The third kappa shape index (κ3) is 2.81. The fraction of sp³-hybridized carbons (Fsp3) is 0.688. The molecule has 1 aromatic rings. The molecule has 1 aliphatic carbocycles. The highest BCUT2D eigenvalue weighted by atomic mass is 16.5. The standard InChI is InChI=1S/C16H25N3O/c1-2-7-17-11-13-6-8-18-12-15(13)19-9-10-20-16-5-3-4-14(16)19/h6,8,12,14,16-17H,2-5,7,9-11H2,1H3. The average molecular weight is 275 g/mol. The molecule has 110 valence electrons. The lowest BCUT2D eigenvalue weighted by molar-refractivity contribution is 0.0255. The average Bonchev–Trinajstić information content (AvgIpc) is 2.96. The molecule has 2 fully saturated rings. The van der Waals surface area contributed by atoms with Gasteiger partial charge in [0.15, 0.2) is 0 Å². The summed E-state index contributed by atoms with van der Waals surface area (Å²) >= 11 is 0. The maximum absolute atomic E-state index is 5.91. The first-order chi connectivity index (χ1) is 9.90. The van der Waals surface area contributed by atoms with Gasteiger partial charge in [0, 0.05) is 19.3 Å². The highest BCUT2D eigenvalue weighted by molar-refractivity contribution is 5.53. The second-order valence-electron chi connectivity index (χ2n) is 5.78. The van der Waals surface area contributed by atoms with Crippen LogP contribution in [-0.2, 0) is 11.3 Å². The van der Waals surface area contributed by atoms with E-state index >= 15 is 0 Å². The van der Waals surface area contributed by atoms with Crippen molar-refractivity contribution in [2.45, 2.75) is 51.3 Å². The number of nitrogens with zero attached hydrogens (tertiary/aromatic N) is 2. The molecule has 0 radical (unpaired) electrons. The molecule has 20 heavy (non-hydrogen) atoms. The van der Waals surface area contributed by atoms with E-state index in [1.54, 1.807) is 0 Å². The van der Waals surface area contributed by atoms with E-state index < -0.39 is 0 Å². The topological polar surface area (TPSA) is 37.4 Å². The van der Waals surface area contributed by atoms with E-state index in [2.05, 4.69) is 28.2 Å². The molecule has 1 N–H and O–H groups in total. The number of rotatable bonds is 5. The summed E-state index contributed by atoms with van der Waals surface area (Å²) in [6, 6.07) is 2.70. The molecule has 0 amide bonds. The molecule has 0 spiro atoms. The fourth-order valence-electron chi connectivity index (χ4n) is 3.45. The molecule has 1 saturated heterocycles. The Morgan fingerprint density at radius 1 is 1.45 bits per heavy atom. The maximum Gasteiger partial charge on any atom is 0.0779 e. The lowest BCUT2D eigenvalue weighted by Crippen LogP contribution is -2.49. The van der Waals surface area contributed by atoms with Gasteiger partial charge in [0.05, 0.1) is 30.6 Å². The van der Waals surface area contributed by atoms with Gasteiger partial charge in [0.1, 0.15) is 0 Å². The Balaban J connectivity index is 1.78. The number of pyridine rings is 1. The molecule has 2 heterocycles. The van der Waals surface area contributed by atoms with Crippen molar-refractivity contribution in [2.75, 3.05) is 24.6 Å². The predicted molar refractivity (Wildman–Crippen MR) is 81.0 cm³/mol. The van der Waals surface area contributed by atoms with Crippen molar-refractivity contribution >= 4 is 5.69 Å². The number of anilines is 1.